The molecule has 5 heteroatoms. The van der Waals surface area contributed by atoms with Gasteiger partial charge in [0, 0.05) is 31.4 Å². The van der Waals surface area contributed by atoms with Gasteiger partial charge in [0.1, 0.15) is 0 Å². The van der Waals surface area contributed by atoms with Crippen molar-refractivity contribution in [3.63, 3.8) is 0 Å². The molecule has 0 unspecified atom stereocenters. The van der Waals surface area contributed by atoms with E-state index in [4.69, 9.17) is 0 Å². The molecule has 0 atom stereocenters. The summed E-state index contributed by atoms with van der Waals surface area (Å²) in [4.78, 5) is 18.8. The molecule has 0 saturated carbocycles. The summed E-state index contributed by atoms with van der Waals surface area (Å²) >= 11 is 0. The molecule has 0 saturated heterocycles. The maximum Gasteiger partial charge on any atom is 0.256 e. The number of pyridine rings is 1. The zero-order valence-electron chi connectivity index (χ0n) is 15.9. The quantitative estimate of drug-likeness (QED) is 0.547. The third-order valence-electron chi connectivity index (χ3n) is 5.43. The third kappa shape index (κ3) is 2.67. The highest BCUT2D eigenvalue weighted by Crippen LogP contribution is 2.30. The lowest BCUT2D eigenvalue weighted by Crippen LogP contribution is -2.23. The van der Waals surface area contributed by atoms with Gasteiger partial charge in [-0.05, 0) is 47.4 Å². The Morgan fingerprint density at radius 1 is 1.07 bits per heavy atom. The number of hydrogen-bond acceptors (Lipinski definition) is 3. The number of rotatable bonds is 3. The number of aromatic nitrogens is 3. The first-order valence-electron chi connectivity index (χ1n) is 9.35. The smallest absolute Gasteiger partial charge is 0.256 e. The van der Waals surface area contributed by atoms with Crippen molar-refractivity contribution in [1.29, 1.82) is 0 Å². The largest absolute Gasteiger partial charge is 0.328 e. The predicted octanol–water partition coefficient (Wildman–Crippen LogP) is 4.10. The molecule has 0 fully saturated rings. The molecule has 0 aliphatic carbocycles. The van der Waals surface area contributed by atoms with Gasteiger partial charge < -0.3 is 4.90 Å². The highest BCUT2D eigenvalue weighted by atomic mass is 16.2. The summed E-state index contributed by atoms with van der Waals surface area (Å²) in [6, 6.07) is 16.3. The number of nitrogens with zero attached hydrogens (tertiary/aromatic N) is 4. The van der Waals surface area contributed by atoms with Gasteiger partial charge >= 0.3 is 0 Å². The van der Waals surface area contributed by atoms with E-state index in [1.807, 2.05) is 40.9 Å². The van der Waals surface area contributed by atoms with Gasteiger partial charge in [-0.15, -0.1) is 0 Å². The number of carbonyl (C=O) groups is 1. The minimum Gasteiger partial charge on any atom is -0.328 e. The molecule has 5 rings (SSSR count). The van der Waals surface area contributed by atoms with Crippen molar-refractivity contribution in [2.24, 2.45) is 7.05 Å². The lowest BCUT2D eigenvalue weighted by Gasteiger charge is -2.17. The van der Waals surface area contributed by atoms with E-state index in [2.05, 4.69) is 47.5 Å². The van der Waals surface area contributed by atoms with Gasteiger partial charge in [-0.1, -0.05) is 30.3 Å². The van der Waals surface area contributed by atoms with Crippen molar-refractivity contribution in [3.05, 3.63) is 83.3 Å². The van der Waals surface area contributed by atoms with Crippen LogP contribution in [-0.2, 0) is 20.1 Å². The topological polar surface area (TPSA) is 51.0 Å². The van der Waals surface area contributed by atoms with Crippen molar-refractivity contribution < 1.29 is 4.79 Å². The van der Waals surface area contributed by atoms with E-state index >= 15 is 0 Å². The van der Waals surface area contributed by atoms with E-state index in [1.54, 1.807) is 6.20 Å². The van der Waals surface area contributed by atoms with E-state index in [9.17, 15) is 4.79 Å². The highest BCUT2D eigenvalue weighted by molar-refractivity contribution is 5.97. The first kappa shape index (κ1) is 16.7. The van der Waals surface area contributed by atoms with Gasteiger partial charge in [-0.2, -0.15) is 5.10 Å². The van der Waals surface area contributed by atoms with Crippen LogP contribution >= 0.6 is 0 Å². The molecule has 28 heavy (non-hydrogen) atoms. The minimum atomic E-state index is 0.0618. The minimum absolute atomic E-state index is 0.0618. The van der Waals surface area contributed by atoms with E-state index in [0.29, 0.717) is 13.1 Å². The number of fused-ring (bicyclic) bond motifs is 2. The fourth-order valence-electron chi connectivity index (χ4n) is 3.97. The second kappa shape index (κ2) is 6.30. The summed E-state index contributed by atoms with van der Waals surface area (Å²) in [5.74, 6) is 0.0618. The number of benzene rings is 2. The van der Waals surface area contributed by atoms with Gasteiger partial charge in [0.15, 0.2) is 0 Å². The molecular formula is C23H20N4O. The van der Waals surface area contributed by atoms with E-state index in [1.165, 1.54) is 11.1 Å². The first-order chi connectivity index (χ1) is 13.6. The average Bonchev–Trinajstić information content (AvgIpc) is 3.22. The van der Waals surface area contributed by atoms with Crippen LogP contribution in [0.3, 0.4) is 0 Å². The lowest BCUT2D eigenvalue weighted by atomic mass is 9.97. The molecule has 1 aliphatic rings. The molecule has 1 aliphatic heterocycles. The van der Waals surface area contributed by atoms with Crippen LogP contribution in [0.4, 0.5) is 0 Å². The fraction of sp³-hybridized carbons (Fsp3) is 0.174. The number of hydrogen-bond donors (Lipinski definition) is 0. The SMILES string of the molecule is Cc1cc(-c2cccc3nn(C)cc23)ccc1CN1Cc2ncccc2C1=O. The second-order valence-electron chi connectivity index (χ2n) is 7.34. The molecule has 1 amide bonds. The van der Waals surface area contributed by atoms with E-state index in [-0.39, 0.29) is 5.91 Å². The third-order valence-corrected chi connectivity index (χ3v) is 5.43. The van der Waals surface area contributed by atoms with Gasteiger partial charge in [-0.3, -0.25) is 14.5 Å². The maximum atomic E-state index is 12.6. The van der Waals surface area contributed by atoms with Gasteiger partial charge in [0.25, 0.3) is 5.91 Å². The lowest BCUT2D eigenvalue weighted by molar-refractivity contribution is 0.0766. The Kier molecular flexibility index (Phi) is 3.76. The zero-order valence-corrected chi connectivity index (χ0v) is 15.9. The Hall–Kier alpha value is -3.47. The molecule has 138 valence electrons. The van der Waals surface area contributed by atoms with Gasteiger partial charge in [0.05, 0.1) is 23.3 Å². The number of amides is 1. The monoisotopic (exact) mass is 368 g/mol. The molecule has 0 bridgehead atoms. The molecule has 0 radical (unpaired) electrons. The van der Waals surface area contributed by atoms with Crippen LogP contribution in [0, 0.1) is 6.92 Å². The molecule has 4 aromatic rings. The standard InChI is InChI=1S/C23H20N4O/c1-15-11-16(18-5-3-7-21-20(18)13-26(2)25-21)8-9-17(15)12-27-14-22-19(23(27)28)6-4-10-24-22/h3-11,13H,12,14H2,1-2H3. The number of carbonyl (C=O) groups excluding carboxylic acids is 1. The van der Waals surface area contributed by atoms with Crippen molar-refractivity contribution in [1.82, 2.24) is 19.7 Å². The van der Waals surface area contributed by atoms with Crippen LogP contribution in [0.5, 0.6) is 0 Å². The summed E-state index contributed by atoms with van der Waals surface area (Å²) in [5.41, 5.74) is 7.25. The van der Waals surface area contributed by atoms with Crippen molar-refractivity contribution in [2.45, 2.75) is 20.0 Å². The molecule has 2 aromatic heterocycles. The average molecular weight is 368 g/mol. The predicted molar refractivity (Wildman–Crippen MR) is 109 cm³/mol. The molecule has 0 N–H and O–H groups in total. The maximum absolute atomic E-state index is 12.6. The highest BCUT2D eigenvalue weighted by Gasteiger charge is 2.28. The number of aryl methyl sites for hydroxylation is 2. The first-order valence-corrected chi connectivity index (χ1v) is 9.35. The Morgan fingerprint density at radius 2 is 1.93 bits per heavy atom. The molecule has 2 aromatic carbocycles. The normalized spacial score (nSPS) is 13.4. The van der Waals surface area contributed by atoms with E-state index in [0.717, 1.165) is 33.3 Å². The summed E-state index contributed by atoms with van der Waals surface area (Å²) in [6.45, 7) is 3.28. The second-order valence-corrected chi connectivity index (χ2v) is 7.34. The summed E-state index contributed by atoms with van der Waals surface area (Å²) in [7, 11) is 1.94. The zero-order chi connectivity index (χ0) is 19.3. The van der Waals surface area contributed by atoms with Crippen LogP contribution < -0.4 is 0 Å². The Morgan fingerprint density at radius 3 is 2.75 bits per heavy atom. The molecule has 5 nitrogen and oxygen atoms in total. The van der Waals surface area contributed by atoms with Crippen LogP contribution in [0.1, 0.15) is 27.2 Å². The van der Waals surface area contributed by atoms with Crippen molar-refractivity contribution >= 4 is 16.8 Å². The molecule has 0 spiro atoms. The van der Waals surface area contributed by atoms with Gasteiger partial charge in [0.2, 0.25) is 0 Å². The van der Waals surface area contributed by atoms with Crippen molar-refractivity contribution in [2.75, 3.05) is 0 Å². The summed E-state index contributed by atoms with van der Waals surface area (Å²) in [5, 5.41) is 5.65. The Labute approximate surface area is 163 Å². The summed E-state index contributed by atoms with van der Waals surface area (Å²) in [6.07, 6.45) is 3.80. The van der Waals surface area contributed by atoms with Crippen LogP contribution in [0.15, 0.2) is 60.9 Å². The van der Waals surface area contributed by atoms with Crippen molar-refractivity contribution in [3.8, 4) is 11.1 Å². The molecule has 3 heterocycles. The van der Waals surface area contributed by atoms with Gasteiger partial charge in [-0.25, -0.2) is 0 Å². The Balaban J connectivity index is 1.45. The summed E-state index contributed by atoms with van der Waals surface area (Å²) < 4.78 is 1.85. The molecular weight excluding hydrogens is 348 g/mol. The van der Waals surface area contributed by atoms with Crippen LogP contribution in [0.25, 0.3) is 22.0 Å². The van der Waals surface area contributed by atoms with Crippen LogP contribution in [0.2, 0.25) is 0 Å². The Bertz CT molecular complexity index is 1220. The fourth-order valence-corrected chi connectivity index (χ4v) is 3.97. The van der Waals surface area contributed by atoms with E-state index < -0.39 is 0 Å². The van der Waals surface area contributed by atoms with Crippen LogP contribution in [-0.4, -0.2) is 25.6 Å².